The first-order chi connectivity index (χ1) is 7.11. The largest absolute Gasteiger partial charge is 0.353 e. The third kappa shape index (κ3) is 1.22. The molecule has 4 nitrogen and oxygen atoms in total. The van der Waals surface area contributed by atoms with Gasteiger partial charge in [-0.1, -0.05) is 24.3 Å². The summed E-state index contributed by atoms with van der Waals surface area (Å²) in [6, 6.07) is 6.29. The number of fused-ring (bicyclic) bond motifs is 1. The minimum atomic E-state index is -2.31. The van der Waals surface area contributed by atoms with Crippen LogP contribution in [0.4, 0.5) is 0 Å². The minimum absolute atomic E-state index is 0.0992. The van der Waals surface area contributed by atoms with Crippen molar-refractivity contribution in [2.75, 3.05) is 6.61 Å². The van der Waals surface area contributed by atoms with Crippen LogP contribution < -0.4 is 0 Å². The second-order valence-electron chi connectivity index (χ2n) is 3.28. The molecule has 1 N–H and O–H groups in total. The van der Waals surface area contributed by atoms with Crippen molar-refractivity contribution in [3.63, 3.8) is 0 Å². The molecule has 0 fully saturated rings. The van der Waals surface area contributed by atoms with E-state index in [0.29, 0.717) is 0 Å². The lowest BCUT2D eigenvalue weighted by Gasteiger charge is -2.17. The zero-order valence-electron chi connectivity index (χ0n) is 8.19. The van der Waals surface area contributed by atoms with Gasteiger partial charge < -0.3 is 9.84 Å². The van der Waals surface area contributed by atoms with E-state index in [9.17, 15) is 14.7 Å². The van der Waals surface area contributed by atoms with Crippen molar-refractivity contribution < 1.29 is 19.4 Å². The number of hydrogen-bond donors (Lipinski definition) is 1. The van der Waals surface area contributed by atoms with E-state index in [-0.39, 0.29) is 17.7 Å². The van der Waals surface area contributed by atoms with Crippen molar-refractivity contribution in [2.45, 2.75) is 12.7 Å². The van der Waals surface area contributed by atoms with E-state index >= 15 is 0 Å². The SMILES string of the molecule is CCOC1(O)C(=O)c2ccccc2C1=O. The zero-order chi connectivity index (χ0) is 11.1. The fourth-order valence-corrected chi connectivity index (χ4v) is 1.69. The van der Waals surface area contributed by atoms with Crippen LogP contribution in [-0.2, 0) is 4.74 Å². The molecule has 0 spiro atoms. The zero-order valence-corrected chi connectivity index (χ0v) is 8.19. The Balaban J connectivity index is 2.54. The van der Waals surface area contributed by atoms with Crippen LogP contribution in [-0.4, -0.2) is 29.1 Å². The lowest BCUT2D eigenvalue weighted by Crippen LogP contribution is -2.44. The van der Waals surface area contributed by atoms with Crippen LogP contribution in [0.2, 0.25) is 0 Å². The van der Waals surface area contributed by atoms with Crippen molar-refractivity contribution in [1.82, 2.24) is 0 Å². The number of Topliss-reactive ketones (excluding diaryl/α,β-unsaturated/α-hetero) is 2. The summed E-state index contributed by atoms with van der Waals surface area (Å²) >= 11 is 0. The molecular weight excluding hydrogens is 196 g/mol. The Labute approximate surface area is 86.5 Å². The molecule has 15 heavy (non-hydrogen) atoms. The number of carbonyl (C=O) groups is 2. The minimum Gasteiger partial charge on any atom is -0.353 e. The highest BCUT2D eigenvalue weighted by Crippen LogP contribution is 2.30. The average Bonchev–Trinajstić information content (AvgIpc) is 2.43. The molecule has 0 radical (unpaired) electrons. The molecule has 0 bridgehead atoms. The summed E-state index contributed by atoms with van der Waals surface area (Å²) in [5.74, 6) is -3.66. The molecule has 78 valence electrons. The molecule has 0 heterocycles. The van der Waals surface area contributed by atoms with Gasteiger partial charge in [0.15, 0.2) is 0 Å². The quantitative estimate of drug-likeness (QED) is 0.574. The number of carbonyl (C=O) groups excluding carboxylic acids is 2. The molecule has 1 aliphatic rings. The Morgan fingerprint density at radius 3 is 2.07 bits per heavy atom. The Bertz CT molecular complexity index is 401. The summed E-state index contributed by atoms with van der Waals surface area (Å²) in [7, 11) is 0. The number of rotatable bonds is 2. The Kier molecular flexibility index (Phi) is 2.17. The molecule has 4 heteroatoms. The average molecular weight is 206 g/mol. The van der Waals surface area contributed by atoms with Crippen LogP contribution in [0.15, 0.2) is 24.3 Å². The predicted octanol–water partition coefficient (Wildman–Crippen LogP) is 0.791. The molecule has 0 amide bonds. The monoisotopic (exact) mass is 206 g/mol. The van der Waals surface area contributed by atoms with Gasteiger partial charge in [0.1, 0.15) is 0 Å². The second kappa shape index (κ2) is 3.25. The lowest BCUT2D eigenvalue weighted by molar-refractivity contribution is -0.127. The Morgan fingerprint density at radius 1 is 1.20 bits per heavy atom. The third-order valence-corrected chi connectivity index (χ3v) is 2.39. The van der Waals surface area contributed by atoms with Crippen molar-refractivity contribution in [1.29, 1.82) is 0 Å². The van der Waals surface area contributed by atoms with Crippen molar-refractivity contribution >= 4 is 11.6 Å². The molecule has 0 unspecified atom stereocenters. The van der Waals surface area contributed by atoms with Gasteiger partial charge in [0.25, 0.3) is 5.79 Å². The number of benzene rings is 1. The number of ether oxygens (including phenoxy) is 1. The molecule has 0 aromatic heterocycles. The maximum atomic E-state index is 11.7. The maximum absolute atomic E-state index is 11.7. The molecular formula is C11H10O4. The summed E-state index contributed by atoms with van der Waals surface area (Å²) in [6.07, 6.45) is 0. The first kappa shape index (κ1) is 10.0. The van der Waals surface area contributed by atoms with Gasteiger partial charge in [-0.3, -0.25) is 9.59 Å². The van der Waals surface area contributed by atoms with Gasteiger partial charge in [-0.15, -0.1) is 0 Å². The highest BCUT2D eigenvalue weighted by atomic mass is 16.6. The Morgan fingerprint density at radius 2 is 1.67 bits per heavy atom. The van der Waals surface area contributed by atoms with E-state index < -0.39 is 17.4 Å². The lowest BCUT2D eigenvalue weighted by atomic mass is 10.1. The third-order valence-electron chi connectivity index (χ3n) is 2.39. The van der Waals surface area contributed by atoms with E-state index in [0.717, 1.165) is 0 Å². The summed E-state index contributed by atoms with van der Waals surface area (Å²) in [6.45, 7) is 1.71. The first-order valence-corrected chi connectivity index (χ1v) is 4.66. The van der Waals surface area contributed by atoms with Crippen LogP contribution >= 0.6 is 0 Å². The van der Waals surface area contributed by atoms with Gasteiger partial charge in [0, 0.05) is 17.7 Å². The van der Waals surface area contributed by atoms with Crippen LogP contribution in [0, 0.1) is 0 Å². The van der Waals surface area contributed by atoms with Gasteiger partial charge in [-0.05, 0) is 6.92 Å². The molecule has 0 saturated heterocycles. The number of hydrogen-bond acceptors (Lipinski definition) is 4. The molecule has 1 aliphatic carbocycles. The van der Waals surface area contributed by atoms with Gasteiger partial charge in [0.2, 0.25) is 11.6 Å². The standard InChI is InChI=1S/C11H10O4/c1-2-15-11(14)9(12)7-5-3-4-6-8(7)10(11)13/h3-6,14H,2H2,1H3. The van der Waals surface area contributed by atoms with E-state index in [1.54, 1.807) is 19.1 Å². The summed E-state index contributed by atoms with van der Waals surface area (Å²) in [4.78, 5) is 23.4. The van der Waals surface area contributed by atoms with Crippen LogP contribution in [0.25, 0.3) is 0 Å². The second-order valence-corrected chi connectivity index (χ2v) is 3.28. The first-order valence-electron chi connectivity index (χ1n) is 4.66. The molecule has 1 aromatic rings. The Hall–Kier alpha value is -1.52. The normalized spacial score (nSPS) is 18.0. The molecule has 0 atom stereocenters. The highest BCUT2D eigenvalue weighted by molar-refractivity contribution is 6.30. The molecule has 1 aromatic carbocycles. The van der Waals surface area contributed by atoms with E-state index in [1.165, 1.54) is 12.1 Å². The summed E-state index contributed by atoms with van der Waals surface area (Å²) < 4.78 is 4.85. The summed E-state index contributed by atoms with van der Waals surface area (Å²) in [5.41, 5.74) is 0.442. The maximum Gasteiger partial charge on any atom is 0.297 e. The molecule has 0 saturated carbocycles. The number of ketones is 2. The van der Waals surface area contributed by atoms with Gasteiger partial charge in [-0.2, -0.15) is 0 Å². The predicted molar refractivity (Wildman–Crippen MR) is 51.7 cm³/mol. The smallest absolute Gasteiger partial charge is 0.297 e. The van der Waals surface area contributed by atoms with E-state index in [1.807, 2.05) is 0 Å². The fourth-order valence-electron chi connectivity index (χ4n) is 1.69. The van der Waals surface area contributed by atoms with Crippen molar-refractivity contribution in [2.24, 2.45) is 0 Å². The van der Waals surface area contributed by atoms with Crippen LogP contribution in [0.5, 0.6) is 0 Å². The number of aliphatic hydroxyl groups is 1. The van der Waals surface area contributed by atoms with E-state index in [2.05, 4.69) is 0 Å². The van der Waals surface area contributed by atoms with E-state index in [4.69, 9.17) is 4.74 Å². The van der Waals surface area contributed by atoms with Gasteiger partial charge >= 0.3 is 0 Å². The molecule has 0 aliphatic heterocycles. The van der Waals surface area contributed by atoms with Crippen molar-refractivity contribution in [3.8, 4) is 0 Å². The highest BCUT2D eigenvalue weighted by Gasteiger charge is 2.53. The van der Waals surface area contributed by atoms with Crippen LogP contribution in [0.3, 0.4) is 0 Å². The molecule has 2 rings (SSSR count). The van der Waals surface area contributed by atoms with Crippen molar-refractivity contribution in [3.05, 3.63) is 35.4 Å². The van der Waals surface area contributed by atoms with Gasteiger partial charge in [0.05, 0.1) is 0 Å². The van der Waals surface area contributed by atoms with Crippen LogP contribution in [0.1, 0.15) is 27.6 Å². The topological polar surface area (TPSA) is 63.6 Å². The summed E-state index contributed by atoms with van der Waals surface area (Å²) in [5, 5.41) is 9.83. The fraction of sp³-hybridized carbons (Fsp3) is 0.273. The van der Waals surface area contributed by atoms with Gasteiger partial charge in [-0.25, -0.2) is 0 Å².